The van der Waals surface area contributed by atoms with Gasteiger partial charge >= 0.3 is 5.76 Å². The number of hydrogen-bond acceptors (Lipinski definition) is 6. The molecule has 6 fully saturated rings. The first-order valence-corrected chi connectivity index (χ1v) is 13.0. The molecule has 10 rings (SSSR count). The monoisotopic (exact) mass is 514 g/mol. The molecule has 0 radical (unpaired) electrons. The summed E-state index contributed by atoms with van der Waals surface area (Å²) in [6.45, 7) is 3.20. The first-order chi connectivity index (χ1) is 18.3. The smallest absolute Gasteiger partial charge is 0.408 e. The molecule has 3 aromatic heterocycles. The number of fused-ring (bicyclic) bond motifs is 2. The average Bonchev–Trinajstić information content (AvgIpc) is 3.44. The minimum absolute atomic E-state index is 0.0720. The molecule has 0 atom stereocenters. The Labute approximate surface area is 214 Å². The summed E-state index contributed by atoms with van der Waals surface area (Å²) in [4.78, 5) is 42.2. The van der Waals surface area contributed by atoms with Crippen molar-refractivity contribution in [1.29, 1.82) is 0 Å². The number of aromatic nitrogens is 4. The standard InChI is InChI=1S/C27H23FN6O4/c1-26-16-19-17(26)21-18(26)20(16)27(19,21)9-30-24(36)14-6-12(32-22-11(28)8-31-34(14)22)23(35)29-7-10-3-4-15-13(5-10)33(2)25(37)38-15/h3-6,8,16-21H,7,9H2,1-2H3,(H,29,35)(H,30,36). The van der Waals surface area contributed by atoms with Gasteiger partial charge in [0, 0.05) is 26.2 Å². The van der Waals surface area contributed by atoms with E-state index in [1.807, 2.05) is 0 Å². The van der Waals surface area contributed by atoms with Gasteiger partial charge in [0.25, 0.3) is 11.8 Å². The number of oxazole rings is 1. The summed E-state index contributed by atoms with van der Waals surface area (Å²) in [6, 6.07) is 6.50. The van der Waals surface area contributed by atoms with E-state index < -0.39 is 17.5 Å². The third-order valence-electron chi connectivity index (χ3n) is 11.1. The summed E-state index contributed by atoms with van der Waals surface area (Å²) < 4.78 is 22.1. The van der Waals surface area contributed by atoms with Gasteiger partial charge in [0.05, 0.1) is 11.7 Å². The lowest BCUT2D eigenvalue weighted by molar-refractivity contribution is -0.651. The van der Waals surface area contributed by atoms with Crippen LogP contribution in [-0.4, -0.2) is 37.5 Å². The van der Waals surface area contributed by atoms with Crippen LogP contribution in [0.25, 0.3) is 16.7 Å². The Balaban J connectivity index is 0.954. The SMILES string of the molecule is Cn1c(=O)oc2ccc(CNC(=O)c3cc(C(=O)NCC45C6C7C4C4C5C6C74C)n4ncc(F)c4n3)cc21. The molecule has 4 aromatic rings. The second-order valence-electron chi connectivity index (χ2n) is 12.0. The second kappa shape index (κ2) is 6.16. The normalized spacial score (nSPS) is 36.0. The van der Waals surface area contributed by atoms with Gasteiger partial charge < -0.3 is 15.1 Å². The number of carbonyl (C=O) groups is 2. The van der Waals surface area contributed by atoms with Crippen molar-refractivity contribution in [3.05, 3.63) is 63.8 Å². The van der Waals surface area contributed by atoms with Crippen LogP contribution in [0.5, 0.6) is 0 Å². The van der Waals surface area contributed by atoms with Crippen molar-refractivity contribution in [3.8, 4) is 0 Å². The van der Waals surface area contributed by atoms with E-state index in [0.717, 1.165) is 51.8 Å². The lowest BCUT2D eigenvalue weighted by Crippen LogP contribution is -3.10. The molecule has 0 bridgehead atoms. The van der Waals surface area contributed by atoms with Gasteiger partial charge in [-0.3, -0.25) is 14.2 Å². The summed E-state index contributed by atoms with van der Waals surface area (Å²) in [5.74, 6) is 2.74. The van der Waals surface area contributed by atoms with E-state index in [1.165, 1.54) is 10.6 Å². The summed E-state index contributed by atoms with van der Waals surface area (Å²) in [6.07, 6.45) is 0.990. The van der Waals surface area contributed by atoms with E-state index >= 15 is 0 Å². The van der Waals surface area contributed by atoms with Gasteiger partial charge in [0.15, 0.2) is 17.0 Å². The minimum Gasteiger partial charge on any atom is -0.408 e. The summed E-state index contributed by atoms with van der Waals surface area (Å²) in [5, 5.41) is 9.83. The van der Waals surface area contributed by atoms with Crippen LogP contribution in [0, 0.1) is 52.2 Å². The maximum Gasteiger partial charge on any atom is 0.419 e. The first-order valence-electron chi connectivity index (χ1n) is 13.0. The highest BCUT2D eigenvalue weighted by Crippen LogP contribution is 3.10. The van der Waals surface area contributed by atoms with Crippen LogP contribution in [0.3, 0.4) is 0 Å². The summed E-state index contributed by atoms with van der Waals surface area (Å²) in [7, 11) is 1.60. The number of nitrogens with zero attached hydrogens (tertiary/aromatic N) is 4. The van der Waals surface area contributed by atoms with Crippen LogP contribution in [0.15, 0.2) is 39.7 Å². The van der Waals surface area contributed by atoms with Crippen molar-refractivity contribution in [2.75, 3.05) is 6.54 Å². The van der Waals surface area contributed by atoms with Crippen molar-refractivity contribution in [3.63, 3.8) is 0 Å². The van der Waals surface area contributed by atoms with E-state index in [1.54, 1.807) is 25.2 Å². The predicted octanol–water partition coefficient (Wildman–Crippen LogP) is 1.73. The molecule has 6 saturated carbocycles. The van der Waals surface area contributed by atoms with Crippen LogP contribution in [0.1, 0.15) is 33.5 Å². The number of nitrogens with one attached hydrogen (secondary N) is 2. The van der Waals surface area contributed by atoms with E-state index in [9.17, 15) is 18.8 Å². The van der Waals surface area contributed by atoms with Gasteiger partial charge in [-0.1, -0.05) is 13.0 Å². The number of halogens is 1. The highest BCUT2D eigenvalue weighted by molar-refractivity contribution is 5.98. The van der Waals surface area contributed by atoms with Gasteiger partial charge in [-0.05, 0) is 64.0 Å². The molecule has 0 saturated heterocycles. The maximum atomic E-state index is 14.5. The van der Waals surface area contributed by atoms with E-state index in [4.69, 9.17) is 4.42 Å². The fraction of sp³-hybridized carbons (Fsp3) is 0.444. The van der Waals surface area contributed by atoms with Crippen LogP contribution in [0.4, 0.5) is 4.39 Å². The Bertz CT molecular complexity index is 1800. The van der Waals surface area contributed by atoms with Gasteiger partial charge in [0.2, 0.25) is 0 Å². The zero-order chi connectivity index (χ0) is 25.9. The zero-order valence-corrected chi connectivity index (χ0v) is 20.6. The lowest BCUT2D eigenvalue weighted by atomic mass is 8.92. The summed E-state index contributed by atoms with van der Waals surface area (Å²) in [5.41, 5.74) is 2.48. The third kappa shape index (κ3) is 1.96. The lowest BCUT2D eigenvalue weighted by Gasteiger charge is -3.11. The molecular weight excluding hydrogens is 491 g/mol. The predicted molar refractivity (Wildman–Crippen MR) is 129 cm³/mol. The van der Waals surface area contributed by atoms with Crippen molar-refractivity contribution in [2.24, 2.45) is 53.4 Å². The van der Waals surface area contributed by atoms with Crippen molar-refractivity contribution >= 4 is 28.6 Å². The van der Waals surface area contributed by atoms with Crippen molar-refractivity contribution in [1.82, 2.24) is 29.8 Å². The fourth-order valence-electron chi connectivity index (χ4n) is 9.74. The Morgan fingerprint density at radius 3 is 2.55 bits per heavy atom. The molecule has 38 heavy (non-hydrogen) atoms. The molecule has 3 heterocycles. The molecule has 2 amide bonds. The van der Waals surface area contributed by atoms with E-state index in [2.05, 4.69) is 27.6 Å². The Morgan fingerprint density at radius 2 is 1.82 bits per heavy atom. The second-order valence-corrected chi connectivity index (χ2v) is 12.0. The Kier molecular flexibility index (Phi) is 3.40. The quantitative estimate of drug-likeness (QED) is 0.404. The van der Waals surface area contributed by atoms with Gasteiger partial charge in [-0.25, -0.2) is 18.7 Å². The molecule has 0 aliphatic heterocycles. The number of benzene rings is 1. The molecule has 0 unspecified atom stereocenters. The van der Waals surface area contributed by atoms with Gasteiger partial charge in [-0.15, -0.1) is 0 Å². The van der Waals surface area contributed by atoms with Gasteiger partial charge in [-0.2, -0.15) is 5.10 Å². The molecule has 2 N–H and O–H groups in total. The number of amides is 2. The molecule has 1 aromatic carbocycles. The van der Waals surface area contributed by atoms with E-state index in [0.29, 0.717) is 23.1 Å². The van der Waals surface area contributed by atoms with E-state index in [-0.39, 0.29) is 34.9 Å². The average molecular weight is 515 g/mol. The molecule has 6 aliphatic carbocycles. The van der Waals surface area contributed by atoms with Crippen LogP contribution in [-0.2, 0) is 13.6 Å². The largest absolute Gasteiger partial charge is 0.419 e. The zero-order valence-electron chi connectivity index (χ0n) is 20.6. The topological polar surface area (TPSA) is 124 Å². The molecule has 10 nitrogen and oxygen atoms in total. The maximum absolute atomic E-state index is 14.5. The van der Waals surface area contributed by atoms with Crippen LogP contribution in [0.2, 0.25) is 0 Å². The van der Waals surface area contributed by atoms with Crippen LogP contribution >= 0.6 is 0 Å². The fourth-order valence-corrected chi connectivity index (χ4v) is 9.74. The molecule has 6 aliphatic rings. The molecular formula is C27H23FN6O4. The third-order valence-corrected chi connectivity index (χ3v) is 11.1. The number of rotatable bonds is 6. The van der Waals surface area contributed by atoms with Gasteiger partial charge in [0.1, 0.15) is 11.4 Å². The molecule has 0 spiro atoms. The van der Waals surface area contributed by atoms with Crippen LogP contribution < -0.4 is 16.4 Å². The highest BCUT2D eigenvalue weighted by Gasteiger charge is 3.08. The number of hydrogen-bond donors (Lipinski definition) is 2. The number of carbonyl (C=O) groups excluding carboxylic acids is 2. The first kappa shape index (κ1) is 21.0. The van der Waals surface area contributed by atoms with Crippen molar-refractivity contribution < 1.29 is 18.4 Å². The minimum atomic E-state index is -0.713. The summed E-state index contributed by atoms with van der Waals surface area (Å²) >= 11 is 0. The number of aryl methyl sites for hydroxylation is 1. The molecule has 192 valence electrons. The van der Waals surface area contributed by atoms with Crippen molar-refractivity contribution in [2.45, 2.75) is 13.5 Å². The Hall–Kier alpha value is -4.02. The molecule has 11 heteroatoms. The highest BCUT2D eigenvalue weighted by atomic mass is 19.1. The Morgan fingerprint density at radius 1 is 1.08 bits per heavy atom.